The van der Waals surface area contributed by atoms with Crippen LogP contribution in [-0.4, -0.2) is 32.5 Å². The third-order valence-corrected chi connectivity index (χ3v) is 4.64. The van der Waals surface area contributed by atoms with Crippen LogP contribution >= 0.6 is 0 Å². The largest absolute Gasteiger partial charge is 0.477 e. The smallest absolute Gasteiger partial charge is 0.435 e. The van der Waals surface area contributed by atoms with Crippen molar-refractivity contribution < 1.29 is 27.1 Å². The van der Waals surface area contributed by atoms with Crippen LogP contribution in [-0.2, 0) is 12.7 Å². The lowest BCUT2D eigenvalue weighted by Crippen LogP contribution is -2.27. The van der Waals surface area contributed by atoms with Crippen molar-refractivity contribution in [3.8, 4) is 11.6 Å². The second-order valence-electron chi connectivity index (χ2n) is 7.11. The van der Waals surface area contributed by atoms with Gasteiger partial charge in [-0.2, -0.15) is 13.2 Å². The minimum absolute atomic E-state index is 0.0601. The van der Waals surface area contributed by atoms with Crippen LogP contribution in [0, 0.1) is 11.7 Å². The Kier molecular flexibility index (Phi) is 5.57. The van der Waals surface area contributed by atoms with E-state index in [4.69, 9.17) is 4.74 Å². The Bertz CT molecular complexity index is 1060. The van der Waals surface area contributed by atoms with E-state index in [1.807, 2.05) is 0 Å². The van der Waals surface area contributed by atoms with Crippen LogP contribution in [0.3, 0.4) is 0 Å². The summed E-state index contributed by atoms with van der Waals surface area (Å²) in [7, 11) is 0. The first kappa shape index (κ1) is 20.8. The monoisotopic (exact) mass is 435 g/mol. The number of nitrogens with one attached hydrogen (secondary N) is 1. The molecule has 0 bridgehead atoms. The second-order valence-corrected chi connectivity index (χ2v) is 7.11. The van der Waals surface area contributed by atoms with Crippen molar-refractivity contribution in [3.05, 3.63) is 65.4 Å². The van der Waals surface area contributed by atoms with Crippen LogP contribution in [0.25, 0.3) is 5.69 Å². The minimum Gasteiger partial charge on any atom is -0.477 e. The first-order chi connectivity index (χ1) is 14.8. The fourth-order valence-corrected chi connectivity index (χ4v) is 2.81. The third-order valence-electron chi connectivity index (χ3n) is 4.64. The number of aromatic nitrogens is 4. The lowest BCUT2D eigenvalue weighted by Gasteiger charge is -2.11. The molecule has 1 amide bonds. The maximum atomic E-state index is 13.6. The zero-order chi connectivity index (χ0) is 22.0. The summed E-state index contributed by atoms with van der Waals surface area (Å²) >= 11 is 0. The molecular weight excluding hydrogens is 418 g/mol. The number of carbonyl (C=O) groups is 1. The fraction of sp³-hybridized carbons (Fsp3) is 0.300. The predicted molar refractivity (Wildman–Crippen MR) is 99.9 cm³/mol. The predicted octanol–water partition coefficient (Wildman–Crippen LogP) is 3.54. The van der Waals surface area contributed by atoms with Gasteiger partial charge in [0.2, 0.25) is 5.88 Å². The van der Waals surface area contributed by atoms with Crippen molar-refractivity contribution in [2.75, 3.05) is 6.61 Å². The average molecular weight is 435 g/mol. The number of alkyl halides is 3. The molecule has 1 aromatic carbocycles. The van der Waals surface area contributed by atoms with Gasteiger partial charge in [-0.15, -0.1) is 5.10 Å². The molecule has 31 heavy (non-hydrogen) atoms. The Morgan fingerprint density at radius 3 is 2.52 bits per heavy atom. The Balaban J connectivity index is 1.47. The molecule has 1 aliphatic carbocycles. The van der Waals surface area contributed by atoms with Gasteiger partial charge in [-0.05, 0) is 48.6 Å². The highest BCUT2D eigenvalue weighted by molar-refractivity contribution is 5.93. The number of nitrogens with zero attached hydrogens (tertiary/aromatic N) is 4. The molecule has 1 aliphatic rings. The number of hydrogen-bond donors (Lipinski definition) is 1. The molecule has 1 fully saturated rings. The quantitative estimate of drug-likeness (QED) is 0.574. The normalized spacial score (nSPS) is 13.8. The number of ether oxygens (including phenoxy) is 1. The molecule has 0 aliphatic heterocycles. The number of amides is 1. The van der Waals surface area contributed by atoms with Gasteiger partial charge in [0.05, 0.1) is 12.3 Å². The molecule has 2 heterocycles. The van der Waals surface area contributed by atoms with Gasteiger partial charge in [-0.3, -0.25) is 4.79 Å². The Labute approximate surface area is 174 Å². The van der Waals surface area contributed by atoms with Crippen molar-refractivity contribution in [1.82, 2.24) is 25.3 Å². The molecule has 4 rings (SSSR count). The highest BCUT2D eigenvalue weighted by Crippen LogP contribution is 2.33. The first-order valence-electron chi connectivity index (χ1n) is 9.46. The van der Waals surface area contributed by atoms with Crippen molar-refractivity contribution in [2.45, 2.75) is 25.6 Å². The highest BCUT2D eigenvalue weighted by atomic mass is 19.4. The van der Waals surface area contributed by atoms with Crippen molar-refractivity contribution in [1.29, 1.82) is 0 Å². The molecule has 7 nitrogen and oxygen atoms in total. The van der Waals surface area contributed by atoms with Gasteiger partial charge in [-0.25, -0.2) is 14.1 Å². The van der Waals surface area contributed by atoms with E-state index in [1.54, 1.807) is 12.1 Å². The van der Waals surface area contributed by atoms with Crippen LogP contribution < -0.4 is 10.1 Å². The SMILES string of the molecule is O=C(NCc1ccc(OCC2CC2)nc1)c1nnn(-c2ccc(F)cc2)c1C(F)(F)F. The number of benzene rings is 1. The molecule has 2 aromatic heterocycles. The molecular formula is C20H17F4N5O2. The summed E-state index contributed by atoms with van der Waals surface area (Å²) in [6.45, 7) is 0.544. The van der Waals surface area contributed by atoms with Crippen molar-refractivity contribution >= 4 is 5.91 Å². The maximum Gasteiger partial charge on any atom is 0.435 e. The van der Waals surface area contributed by atoms with Gasteiger partial charge < -0.3 is 10.1 Å². The van der Waals surface area contributed by atoms with Crippen molar-refractivity contribution in [2.24, 2.45) is 5.92 Å². The van der Waals surface area contributed by atoms with Gasteiger partial charge in [0.25, 0.3) is 5.91 Å². The summed E-state index contributed by atoms with van der Waals surface area (Å²) in [4.78, 5) is 16.5. The Morgan fingerprint density at radius 1 is 1.16 bits per heavy atom. The Morgan fingerprint density at radius 2 is 1.90 bits per heavy atom. The number of carbonyl (C=O) groups excluding carboxylic acids is 1. The Hall–Kier alpha value is -3.50. The van der Waals surface area contributed by atoms with E-state index >= 15 is 0 Å². The second kappa shape index (κ2) is 8.32. The fourth-order valence-electron chi connectivity index (χ4n) is 2.81. The van der Waals surface area contributed by atoms with Gasteiger partial charge in [0, 0.05) is 18.8 Å². The van der Waals surface area contributed by atoms with Gasteiger partial charge >= 0.3 is 6.18 Å². The molecule has 0 radical (unpaired) electrons. The molecule has 11 heteroatoms. The van der Waals surface area contributed by atoms with E-state index in [2.05, 4.69) is 20.6 Å². The minimum atomic E-state index is -4.91. The molecule has 3 aromatic rings. The number of rotatable bonds is 7. The first-order valence-corrected chi connectivity index (χ1v) is 9.46. The summed E-state index contributed by atoms with van der Waals surface area (Å²) in [5.41, 5.74) is -1.73. The lowest BCUT2D eigenvalue weighted by atomic mass is 10.2. The summed E-state index contributed by atoms with van der Waals surface area (Å²) < 4.78 is 60.0. The molecule has 1 N–H and O–H groups in total. The highest BCUT2D eigenvalue weighted by Gasteiger charge is 2.42. The lowest BCUT2D eigenvalue weighted by molar-refractivity contribution is -0.143. The number of hydrogen-bond acceptors (Lipinski definition) is 5. The van der Waals surface area contributed by atoms with Crippen LogP contribution in [0.5, 0.6) is 5.88 Å². The van der Waals surface area contributed by atoms with Crippen LogP contribution in [0.2, 0.25) is 0 Å². The zero-order valence-electron chi connectivity index (χ0n) is 16.1. The summed E-state index contributed by atoms with van der Waals surface area (Å²) in [5.74, 6) is -0.641. The molecule has 0 spiro atoms. The summed E-state index contributed by atoms with van der Waals surface area (Å²) in [6.07, 6.45) is -1.14. The summed E-state index contributed by atoms with van der Waals surface area (Å²) in [6, 6.07) is 7.49. The van der Waals surface area contributed by atoms with E-state index in [9.17, 15) is 22.4 Å². The topological polar surface area (TPSA) is 81.9 Å². The van der Waals surface area contributed by atoms with Crippen LogP contribution in [0.15, 0.2) is 42.6 Å². The van der Waals surface area contributed by atoms with E-state index in [0.717, 1.165) is 37.1 Å². The van der Waals surface area contributed by atoms with Crippen LogP contribution in [0.4, 0.5) is 17.6 Å². The maximum absolute atomic E-state index is 13.6. The zero-order valence-corrected chi connectivity index (χ0v) is 16.1. The molecule has 1 saturated carbocycles. The van der Waals surface area contributed by atoms with E-state index < -0.39 is 29.3 Å². The molecule has 162 valence electrons. The van der Waals surface area contributed by atoms with E-state index in [1.165, 1.54) is 6.20 Å². The number of pyridine rings is 1. The average Bonchev–Trinajstić information content (AvgIpc) is 3.46. The van der Waals surface area contributed by atoms with E-state index in [-0.39, 0.29) is 12.2 Å². The molecule has 0 atom stereocenters. The van der Waals surface area contributed by atoms with Crippen LogP contribution in [0.1, 0.15) is 34.6 Å². The molecule has 0 saturated heterocycles. The third kappa shape index (κ3) is 4.98. The standard InChI is InChI=1S/C20H17F4N5O2/c21-14-4-6-15(7-5-14)29-18(20(22,23)24)17(27-28-29)19(30)26-10-13-3-8-16(25-9-13)31-11-12-1-2-12/h3-9,12H,1-2,10-11H2,(H,26,30). The van der Waals surface area contributed by atoms with Gasteiger partial charge in [-0.1, -0.05) is 11.3 Å². The van der Waals surface area contributed by atoms with E-state index in [0.29, 0.717) is 28.7 Å². The molecule has 0 unspecified atom stereocenters. The summed E-state index contributed by atoms with van der Waals surface area (Å²) in [5, 5.41) is 9.24. The van der Waals surface area contributed by atoms with Crippen molar-refractivity contribution in [3.63, 3.8) is 0 Å². The van der Waals surface area contributed by atoms with Gasteiger partial charge in [0.1, 0.15) is 5.82 Å². The van der Waals surface area contributed by atoms with Gasteiger partial charge in [0.15, 0.2) is 11.4 Å². The number of halogens is 4.